The molecule has 2 rings (SSSR count). The number of rotatable bonds is 4. The van der Waals surface area contributed by atoms with Crippen LogP contribution in [0.3, 0.4) is 0 Å². The Morgan fingerprint density at radius 2 is 2.00 bits per heavy atom. The van der Waals surface area contributed by atoms with Crippen LogP contribution in [0.1, 0.15) is 9.67 Å². The second-order valence-electron chi connectivity index (χ2n) is 3.43. The molecule has 0 saturated carbocycles. The molecule has 1 aromatic heterocycles. The van der Waals surface area contributed by atoms with Crippen LogP contribution in [0.5, 0.6) is 5.75 Å². The van der Waals surface area contributed by atoms with Gasteiger partial charge in [-0.2, -0.15) is 8.78 Å². The fourth-order valence-corrected chi connectivity index (χ4v) is 2.67. The minimum Gasteiger partial charge on any atom is -0.433 e. The van der Waals surface area contributed by atoms with Gasteiger partial charge >= 0.3 is 6.61 Å². The molecule has 0 saturated heterocycles. The van der Waals surface area contributed by atoms with Crippen LogP contribution in [0.25, 0.3) is 0 Å². The summed E-state index contributed by atoms with van der Waals surface area (Å²) in [5.41, 5.74) is 0.206. The third-order valence-corrected chi connectivity index (χ3v) is 3.77. The van der Waals surface area contributed by atoms with Crippen molar-refractivity contribution >= 4 is 38.9 Å². The van der Waals surface area contributed by atoms with Crippen LogP contribution in [-0.2, 0) is 0 Å². The van der Waals surface area contributed by atoms with Crippen LogP contribution < -0.4 is 10.1 Å². The Hall–Kier alpha value is -1.47. The van der Waals surface area contributed by atoms with Crippen LogP contribution >= 0.6 is 27.3 Å². The Morgan fingerprint density at radius 1 is 1.26 bits per heavy atom. The molecule has 2 aromatic rings. The highest BCUT2D eigenvalue weighted by atomic mass is 79.9. The number of halogens is 3. The summed E-state index contributed by atoms with van der Waals surface area (Å²) >= 11 is 4.50. The Labute approximate surface area is 120 Å². The van der Waals surface area contributed by atoms with Crippen LogP contribution in [0.2, 0.25) is 0 Å². The van der Waals surface area contributed by atoms with Gasteiger partial charge in [0.1, 0.15) is 5.75 Å². The van der Waals surface area contributed by atoms with Crippen LogP contribution in [0.4, 0.5) is 14.5 Å². The molecule has 1 aromatic carbocycles. The van der Waals surface area contributed by atoms with E-state index in [9.17, 15) is 13.6 Å². The summed E-state index contributed by atoms with van der Waals surface area (Å²) in [5.74, 6) is -0.442. The number of hydrogen-bond acceptors (Lipinski definition) is 3. The van der Waals surface area contributed by atoms with Gasteiger partial charge in [-0.3, -0.25) is 4.79 Å². The standard InChI is InChI=1S/C12H8BrF2NO2S/c13-10-6-5-9(19-10)11(17)16-7-3-1-2-4-8(7)18-12(14)15/h1-6,12H,(H,16,17). The Balaban J connectivity index is 2.16. The molecule has 1 N–H and O–H groups in total. The number of para-hydroxylation sites is 2. The average molecular weight is 348 g/mol. The number of carbonyl (C=O) groups excluding carboxylic acids is 1. The molecular weight excluding hydrogens is 340 g/mol. The minimum atomic E-state index is -2.94. The lowest BCUT2D eigenvalue weighted by Crippen LogP contribution is -2.12. The van der Waals surface area contributed by atoms with Gasteiger partial charge < -0.3 is 10.1 Å². The molecule has 3 nitrogen and oxygen atoms in total. The van der Waals surface area contributed by atoms with Crippen molar-refractivity contribution in [2.45, 2.75) is 6.61 Å². The molecule has 0 aliphatic heterocycles. The van der Waals surface area contributed by atoms with Crippen molar-refractivity contribution in [1.82, 2.24) is 0 Å². The molecule has 0 radical (unpaired) electrons. The summed E-state index contributed by atoms with van der Waals surface area (Å²) < 4.78 is 29.6. The van der Waals surface area contributed by atoms with Gasteiger partial charge in [-0.25, -0.2) is 0 Å². The molecule has 100 valence electrons. The van der Waals surface area contributed by atoms with E-state index in [0.29, 0.717) is 4.88 Å². The van der Waals surface area contributed by atoms with Gasteiger partial charge in [0, 0.05) is 0 Å². The molecule has 0 fully saturated rings. The summed E-state index contributed by atoms with van der Waals surface area (Å²) in [6, 6.07) is 9.42. The summed E-state index contributed by atoms with van der Waals surface area (Å²) in [4.78, 5) is 12.4. The van der Waals surface area contributed by atoms with E-state index in [-0.39, 0.29) is 17.3 Å². The zero-order valence-corrected chi connectivity index (χ0v) is 11.8. The van der Waals surface area contributed by atoms with E-state index in [4.69, 9.17) is 0 Å². The lowest BCUT2D eigenvalue weighted by atomic mass is 10.3. The number of hydrogen-bond donors (Lipinski definition) is 1. The molecule has 1 amide bonds. The Kier molecular flexibility index (Phi) is 4.49. The van der Waals surface area contributed by atoms with Crippen molar-refractivity contribution in [3.63, 3.8) is 0 Å². The van der Waals surface area contributed by atoms with E-state index in [1.807, 2.05) is 0 Å². The maximum atomic E-state index is 12.2. The maximum Gasteiger partial charge on any atom is 0.387 e. The first-order valence-corrected chi connectivity index (χ1v) is 6.78. The quantitative estimate of drug-likeness (QED) is 0.891. The third-order valence-electron chi connectivity index (χ3n) is 2.15. The molecule has 0 bridgehead atoms. The van der Waals surface area contributed by atoms with Crippen molar-refractivity contribution in [1.29, 1.82) is 0 Å². The summed E-state index contributed by atoms with van der Waals surface area (Å²) in [6.45, 7) is -2.94. The molecule has 0 aliphatic carbocycles. The van der Waals surface area contributed by atoms with Crippen molar-refractivity contribution < 1.29 is 18.3 Å². The molecule has 0 aliphatic rings. The second kappa shape index (κ2) is 6.12. The first-order chi connectivity index (χ1) is 9.06. The molecule has 0 spiro atoms. The second-order valence-corrected chi connectivity index (χ2v) is 5.90. The number of benzene rings is 1. The summed E-state index contributed by atoms with van der Waals surface area (Å²) in [7, 11) is 0. The highest BCUT2D eigenvalue weighted by molar-refractivity contribution is 9.11. The van der Waals surface area contributed by atoms with Gasteiger partial charge in [0.25, 0.3) is 5.91 Å². The van der Waals surface area contributed by atoms with Gasteiger partial charge in [0.15, 0.2) is 0 Å². The lowest BCUT2D eigenvalue weighted by molar-refractivity contribution is -0.0493. The average Bonchev–Trinajstić information content (AvgIpc) is 2.78. The van der Waals surface area contributed by atoms with Crippen molar-refractivity contribution in [3.05, 3.63) is 45.1 Å². The molecule has 7 heteroatoms. The molecule has 1 heterocycles. The number of alkyl halides is 2. The van der Waals surface area contributed by atoms with Gasteiger partial charge in [-0.1, -0.05) is 12.1 Å². The number of nitrogens with one attached hydrogen (secondary N) is 1. The maximum absolute atomic E-state index is 12.2. The summed E-state index contributed by atoms with van der Waals surface area (Å²) in [5, 5.41) is 2.54. The van der Waals surface area contributed by atoms with Crippen LogP contribution in [0, 0.1) is 0 Å². The number of thiophene rings is 1. The Bertz CT molecular complexity index is 589. The molecule has 19 heavy (non-hydrogen) atoms. The number of ether oxygens (including phenoxy) is 1. The monoisotopic (exact) mass is 347 g/mol. The number of anilines is 1. The Morgan fingerprint density at radius 3 is 2.63 bits per heavy atom. The van der Waals surface area contributed by atoms with E-state index in [2.05, 4.69) is 26.0 Å². The zero-order valence-electron chi connectivity index (χ0n) is 9.40. The largest absolute Gasteiger partial charge is 0.433 e. The molecule has 0 atom stereocenters. The molecular formula is C12H8BrF2NO2S. The fraction of sp³-hybridized carbons (Fsp3) is 0.0833. The van der Waals surface area contributed by atoms with E-state index in [1.54, 1.807) is 24.3 Å². The fourth-order valence-electron chi connectivity index (χ4n) is 1.39. The van der Waals surface area contributed by atoms with Crippen LogP contribution in [-0.4, -0.2) is 12.5 Å². The highest BCUT2D eigenvalue weighted by Crippen LogP contribution is 2.28. The third kappa shape index (κ3) is 3.74. The van der Waals surface area contributed by atoms with Crippen molar-refractivity contribution in [2.75, 3.05) is 5.32 Å². The SMILES string of the molecule is O=C(Nc1ccccc1OC(F)F)c1ccc(Br)s1. The van der Waals surface area contributed by atoms with Crippen molar-refractivity contribution in [2.24, 2.45) is 0 Å². The normalized spacial score (nSPS) is 10.5. The smallest absolute Gasteiger partial charge is 0.387 e. The number of carbonyl (C=O) groups is 1. The van der Waals surface area contributed by atoms with Gasteiger partial charge in [0.2, 0.25) is 0 Å². The van der Waals surface area contributed by atoms with E-state index in [0.717, 1.165) is 3.79 Å². The van der Waals surface area contributed by atoms with Gasteiger partial charge in [0.05, 0.1) is 14.4 Å². The topological polar surface area (TPSA) is 38.3 Å². The van der Waals surface area contributed by atoms with Crippen LogP contribution in [0.15, 0.2) is 40.2 Å². The summed E-state index contributed by atoms with van der Waals surface area (Å²) in [6.07, 6.45) is 0. The molecule has 0 unspecified atom stereocenters. The van der Waals surface area contributed by atoms with E-state index in [1.165, 1.54) is 23.5 Å². The van der Waals surface area contributed by atoms with E-state index >= 15 is 0 Å². The van der Waals surface area contributed by atoms with Gasteiger partial charge in [-0.05, 0) is 40.2 Å². The van der Waals surface area contributed by atoms with Gasteiger partial charge in [-0.15, -0.1) is 11.3 Å². The first kappa shape index (κ1) is 14.0. The predicted molar refractivity (Wildman–Crippen MR) is 73.0 cm³/mol. The lowest BCUT2D eigenvalue weighted by Gasteiger charge is -2.10. The highest BCUT2D eigenvalue weighted by Gasteiger charge is 2.13. The minimum absolute atomic E-state index is 0.0681. The zero-order chi connectivity index (χ0) is 13.8. The van der Waals surface area contributed by atoms with E-state index < -0.39 is 6.61 Å². The number of amides is 1. The first-order valence-electron chi connectivity index (χ1n) is 5.17. The van der Waals surface area contributed by atoms with Crippen molar-refractivity contribution in [3.8, 4) is 5.75 Å². The predicted octanol–water partition coefficient (Wildman–Crippen LogP) is 4.36.